The molecule has 0 bridgehead atoms. The first kappa shape index (κ1) is 15.9. The van der Waals surface area contributed by atoms with Crippen LogP contribution in [0.1, 0.15) is 25.3 Å². The minimum absolute atomic E-state index is 0.0767. The van der Waals surface area contributed by atoms with Crippen molar-refractivity contribution in [2.75, 3.05) is 7.11 Å². The normalized spacial score (nSPS) is 23.6. The smallest absolute Gasteiger partial charge is 0.312 e. The molecule has 0 heterocycles. The number of ether oxygens (including phenoxy) is 1. The molecule has 5 nitrogen and oxygen atoms in total. The topological polar surface area (TPSA) is 71.2 Å². The van der Waals surface area contributed by atoms with Crippen molar-refractivity contribution >= 4 is 17.9 Å². The van der Waals surface area contributed by atoms with E-state index in [0.717, 1.165) is 17.7 Å². The van der Waals surface area contributed by atoms with Gasteiger partial charge in [0.1, 0.15) is 11.7 Å². The molecule has 2 atom stereocenters. The SMILES string of the molecule is COc1ccc(/C=N/N=C2/C(C)CC=CCC2C(=O)O)cc1. The highest BCUT2D eigenvalue weighted by atomic mass is 16.5. The predicted molar refractivity (Wildman–Crippen MR) is 86.7 cm³/mol. The van der Waals surface area contributed by atoms with Crippen LogP contribution in [0, 0.1) is 11.8 Å². The minimum Gasteiger partial charge on any atom is -0.497 e. The fourth-order valence-electron chi connectivity index (χ4n) is 2.37. The average Bonchev–Trinajstić information content (AvgIpc) is 2.70. The lowest BCUT2D eigenvalue weighted by molar-refractivity contribution is -0.139. The van der Waals surface area contributed by atoms with Gasteiger partial charge in [0.25, 0.3) is 0 Å². The fourth-order valence-corrected chi connectivity index (χ4v) is 2.37. The number of methoxy groups -OCH3 is 1. The minimum atomic E-state index is -0.850. The third-order valence-electron chi connectivity index (χ3n) is 3.68. The van der Waals surface area contributed by atoms with E-state index in [1.54, 1.807) is 13.3 Å². The summed E-state index contributed by atoms with van der Waals surface area (Å²) in [5.41, 5.74) is 1.51. The number of allylic oxidation sites excluding steroid dienone is 2. The van der Waals surface area contributed by atoms with E-state index in [0.29, 0.717) is 12.1 Å². The van der Waals surface area contributed by atoms with Crippen LogP contribution >= 0.6 is 0 Å². The van der Waals surface area contributed by atoms with Gasteiger partial charge in [0, 0.05) is 5.92 Å². The highest BCUT2D eigenvalue weighted by molar-refractivity contribution is 6.03. The summed E-state index contributed by atoms with van der Waals surface area (Å²) in [7, 11) is 1.61. The van der Waals surface area contributed by atoms with Crippen molar-refractivity contribution in [3.8, 4) is 5.75 Å². The Hall–Kier alpha value is -2.43. The number of aliphatic carboxylic acids is 1. The number of carboxylic acids is 1. The highest BCUT2D eigenvalue weighted by Crippen LogP contribution is 2.22. The lowest BCUT2D eigenvalue weighted by Crippen LogP contribution is -2.27. The van der Waals surface area contributed by atoms with Gasteiger partial charge in [-0.25, -0.2) is 0 Å². The molecule has 2 rings (SSSR count). The number of nitrogens with zero attached hydrogens (tertiary/aromatic N) is 2. The zero-order valence-electron chi connectivity index (χ0n) is 12.8. The third-order valence-corrected chi connectivity index (χ3v) is 3.68. The first-order valence-corrected chi connectivity index (χ1v) is 7.24. The molecule has 116 valence electrons. The second-order valence-electron chi connectivity index (χ2n) is 5.28. The van der Waals surface area contributed by atoms with Gasteiger partial charge >= 0.3 is 5.97 Å². The van der Waals surface area contributed by atoms with Crippen molar-refractivity contribution in [2.45, 2.75) is 19.8 Å². The van der Waals surface area contributed by atoms with E-state index in [1.807, 2.05) is 43.3 Å². The van der Waals surface area contributed by atoms with Crippen molar-refractivity contribution in [3.63, 3.8) is 0 Å². The third kappa shape index (κ3) is 4.04. The van der Waals surface area contributed by atoms with Crippen molar-refractivity contribution in [2.24, 2.45) is 22.0 Å². The molecule has 1 aliphatic carbocycles. The number of carboxylic acid groups (broad SMARTS) is 1. The highest BCUT2D eigenvalue weighted by Gasteiger charge is 2.28. The number of carbonyl (C=O) groups is 1. The monoisotopic (exact) mass is 300 g/mol. The second kappa shape index (κ2) is 7.54. The van der Waals surface area contributed by atoms with Gasteiger partial charge in [-0.1, -0.05) is 19.1 Å². The van der Waals surface area contributed by atoms with Crippen LogP contribution in [0.2, 0.25) is 0 Å². The molecule has 0 aromatic heterocycles. The Morgan fingerprint density at radius 1 is 1.27 bits per heavy atom. The molecule has 0 saturated carbocycles. The largest absolute Gasteiger partial charge is 0.497 e. The van der Waals surface area contributed by atoms with E-state index in [2.05, 4.69) is 10.2 Å². The van der Waals surface area contributed by atoms with Crippen LogP contribution in [-0.2, 0) is 4.79 Å². The van der Waals surface area contributed by atoms with Crippen LogP contribution in [-0.4, -0.2) is 30.1 Å². The van der Waals surface area contributed by atoms with Gasteiger partial charge in [-0.2, -0.15) is 10.2 Å². The molecule has 22 heavy (non-hydrogen) atoms. The Morgan fingerprint density at radius 2 is 1.95 bits per heavy atom. The van der Waals surface area contributed by atoms with Gasteiger partial charge in [-0.15, -0.1) is 0 Å². The van der Waals surface area contributed by atoms with Crippen molar-refractivity contribution < 1.29 is 14.6 Å². The molecule has 0 fully saturated rings. The summed E-state index contributed by atoms with van der Waals surface area (Å²) < 4.78 is 5.09. The van der Waals surface area contributed by atoms with Gasteiger partial charge in [-0.3, -0.25) is 4.79 Å². The molecule has 1 aromatic rings. The van der Waals surface area contributed by atoms with Gasteiger partial charge in [0.05, 0.1) is 19.0 Å². The zero-order valence-corrected chi connectivity index (χ0v) is 12.8. The quantitative estimate of drug-likeness (QED) is 0.527. The Bertz CT molecular complexity index is 603. The summed E-state index contributed by atoms with van der Waals surface area (Å²) in [6.07, 6.45) is 6.80. The Morgan fingerprint density at radius 3 is 2.59 bits per heavy atom. The fraction of sp³-hybridized carbons (Fsp3) is 0.353. The molecule has 1 aromatic carbocycles. The second-order valence-corrected chi connectivity index (χ2v) is 5.28. The standard InChI is InChI=1S/C17H20N2O3/c1-12-5-3-4-6-15(17(20)21)16(12)19-18-11-13-7-9-14(22-2)10-8-13/h3-4,7-12,15H,5-6H2,1-2H3,(H,20,21)/b18-11+,19-16-. The average molecular weight is 300 g/mol. The molecular weight excluding hydrogens is 280 g/mol. The zero-order chi connectivity index (χ0) is 15.9. The Balaban J connectivity index is 2.17. The maximum atomic E-state index is 11.4. The van der Waals surface area contributed by atoms with E-state index in [4.69, 9.17) is 4.74 Å². The predicted octanol–water partition coefficient (Wildman–Crippen LogP) is 3.16. The van der Waals surface area contributed by atoms with E-state index >= 15 is 0 Å². The first-order valence-electron chi connectivity index (χ1n) is 7.24. The summed E-state index contributed by atoms with van der Waals surface area (Å²) in [6, 6.07) is 7.42. The summed E-state index contributed by atoms with van der Waals surface area (Å²) in [5, 5.41) is 17.6. The van der Waals surface area contributed by atoms with Gasteiger partial charge < -0.3 is 9.84 Å². The maximum absolute atomic E-state index is 11.4. The molecule has 0 aliphatic heterocycles. The molecular formula is C17H20N2O3. The van der Waals surface area contributed by atoms with Crippen molar-refractivity contribution in [1.82, 2.24) is 0 Å². The van der Waals surface area contributed by atoms with Crippen molar-refractivity contribution in [3.05, 3.63) is 42.0 Å². The molecule has 0 spiro atoms. The van der Waals surface area contributed by atoms with Crippen LogP contribution in [0.15, 0.2) is 46.6 Å². The van der Waals surface area contributed by atoms with Crippen LogP contribution in [0.25, 0.3) is 0 Å². The van der Waals surface area contributed by atoms with Crippen LogP contribution in [0.5, 0.6) is 5.75 Å². The van der Waals surface area contributed by atoms with E-state index in [1.165, 1.54) is 0 Å². The summed E-state index contributed by atoms with van der Waals surface area (Å²) in [5.74, 6) is -0.593. The number of benzene rings is 1. The summed E-state index contributed by atoms with van der Waals surface area (Å²) in [4.78, 5) is 11.4. The van der Waals surface area contributed by atoms with Crippen LogP contribution < -0.4 is 4.74 Å². The molecule has 1 aliphatic rings. The van der Waals surface area contributed by atoms with E-state index in [9.17, 15) is 9.90 Å². The van der Waals surface area contributed by atoms with Gasteiger partial charge in [-0.05, 0) is 42.7 Å². The number of hydrogen-bond donors (Lipinski definition) is 1. The van der Waals surface area contributed by atoms with E-state index < -0.39 is 11.9 Å². The van der Waals surface area contributed by atoms with Crippen LogP contribution in [0.3, 0.4) is 0 Å². The summed E-state index contributed by atoms with van der Waals surface area (Å²) >= 11 is 0. The molecule has 0 radical (unpaired) electrons. The van der Waals surface area contributed by atoms with E-state index in [-0.39, 0.29) is 5.92 Å². The van der Waals surface area contributed by atoms with Crippen LogP contribution in [0.4, 0.5) is 0 Å². The lowest BCUT2D eigenvalue weighted by atomic mass is 9.91. The lowest BCUT2D eigenvalue weighted by Gasteiger charge is -2.15. The van der Waals surface area contributed by atoms with Crippen molar-refractivity contribution in [1.29, 1.82) is 0 Å². The first-order chi connectivity index (χ1) is 10.6. The Labute approximate surface area is 130 Å². The molecule has 1 N–H and O–H groups in total. The molecule has 0 saturated heterocycles. The molecule has 5 heteroatoms. The number of rotatable bonds is 4. The number of hydrogen-bond acceptors (Lipinski definition) is 4. The summed E-state index contributed by atoms with van der Waals surface area (Å²) in [6.45, 7) is 1.98. The van der Waals surface area contributed by atoms with Gasteiger partial charge in [0.15, 0.2) is 0 Å². The van der Waals surface area contributed by atoms with Gasteiger partial charge in [0.2, 0.25) is 0 Å². The maximum Gasteiger partial charge on any atom is 0.312 e. The molecule has 0 amide bonds. The Kier molecular flexibility index (Phi) is 5.47. The molecule has 2 unspecified atom stereocenters.